The van der Waals surface area contributed by atoms with E-state index in [1.165, 1.54) is 18.5 Å². The molecular weight excluding hydrogens is 256 g/mol. The van der Waals surface area contributed by atoms with Gasteiger partial charge in [-0.15, -0.1) is 0 Å². The van der Waals surface area contributed by atoms with Crippen LogP contribution in [0.5, 0.6) is 5.75 Å². The van der Waals surface area contributed by atoms with Gasteiger partial charge < -0.3 is 10.4 Å². The van der Waals surface area contributed by atoms with E-state index >= 15 is 0 Å². The van der Waals surface area contributed by atoms with Crippen LogP contribution in [0.4, 0.5) is 5.69 Å². The molecule has 0 spiro atoms. The Hall–Kier alpha value is -2.37. The zero-order valence-corrected chi connectivity index (χ0v) is 12.0. The predicted molar refractivity (Wildman–Crippen MR) is 75.9 cm³/mol. The lowest BCUT2D eigenvalue weighted by molar-refractivity contribution is 0.102. The van der Waals surface area contributed by atoms with E-state index < -0.39 is 0 Å². The number of pyridine rings is 1. The summed E-state index contributed by atoms with van der Waals surface area (Å²) in [6, 6.07) is 1.60. The normalized spacial score (nSPS) is 10.8. The molecule has 6 heteroatoms. The smallest absolute Gasteiger partial charge is 0.257 e. The molecule has 2 heterocycles. The first-order valence-corrected chi connectivity index (χ1v) is 6.41. The minimum Gasteiger partial charge on any atom is -0.506 e. The number of rotatable bonds is 3. The Balaban J connectivity index is 2.29. The average Bonchev–Trinajstić information content (AvgIpc) is 2.67. The standard InChI is InChI=1S/C14H18N4O2/c1-8(2)18-10(4)13(9(3)17-18)16-14(20)11-5-12(19)7-15-6-11/h5-8,19H,1-4H3,(H,16,20). The van der Waals surface area contributed by atoms with Crippen molar-refractivity contribution in [3.8, 4) is 5.75 Å². The molecule has 0 aliphatic heterocycles. The first-order valence-electron chi connectivity index (χ1n) is 6.41. The molecule has 0 saturated heterocycles. The summed E-state index contributed by atoms with van der Waals surface area (Å²) < 4.78 is 1.87. The number of nitrogens with zero attached hydrogens (tertiary/aromatic N) is 3. The largest absolute Gasteiger partial charge is 0.506 e. The molecule has 0 saturated carbocycles. The topological polar surface area (TPSA) is 80.0 Å². The van der Waals surface area contributed by atoms with Crippen molar-refractivity contribution in [2.24, 2.45) is 0 Å². The molecule has 2 aromatic rings. The highest BCUT2D eigenvalue weighted by molar-refractivity contribution is 6.04. The predicted octanol–water partition coefficient (Wildman–Crippen LogP) is 2.43. The van der Waals surface area contributed by atoms with E-state index in [4.69, 9.17) is 0 Å². The van der Waals surface area contributed by atoms with Gasteiger partial charge in [0.05, 0.1) is 28.8 Å². The SMILES string of the molecule is Cc1nn(C(C)C)c(C)c1NC(=O)c1cncc(O)c1. The molecule has 0 atom stereocenters. The van der Waals surface area contributed by atoms with E-state index in [1.54, 1.807) is 0 Å². The maximum atomic E-state index is 12.2. The number of anilines is 1. The lowest BCUT2D eigenvalue weighted by Crippen LogP contribution is -2.13. The second-order valence-electron chi connectivity index (χ2n) is 4.97. The number of amides is 1. The molecule has 106 valence electrons. The highest BCUT2D eigenvalue weighted by Gasteiger charge is 2.16. The number of carbonyl (C=O) groups is 1. The Bertz CT molecular complexity index is 647. The van der Waals surface area contributed by atoms with Crippen LogP contribution < -0.4 is 5.32 Å². The van der Waals surface area contributed by atoms with Gasteiger partial charge in [0.15, 0.2) is 0 Å². The van der Waals surface area contributed by atoms with Gasteiger partial charge in [0, 0.05) is 12.2 Å². The van der Waals surface area contributed by atoms with Crippen LogP contribution in [0.2, 0.25) is 0 Å². The molecule has 0 radical (unpaired) electrons. The van der Waals surface area contributed by atoms with Crippen molar-refractivity contribution in [1.82, 2.24) is 14.8 Å². The molecule has 0 aliphatic carbocycles. The number of aromatic nitrogens is 3. The Kier molecular flexibility index (Phi) is 3.74. The molecule has 0 fully saturated rings. The molecule has 2 rings (SSSR count). The van der Waals surface area contributed by atoms with Gasteiger partial charge in [-0.2, -0.15) is 5.10 Å². The fourth-order valence-corrected chi connectivity index (χ4v) is 2.08. The quantitative estimate of drug-likeness (QED) is 0.900. The maximum absolute atomic E-state index is 12.2. The van der Waals surface area contributed by atoms with Gasteiger partial charge in [0.1, 0.15) is 5.75 Å². The van der Waals surface area contributed by atoms with Crippen LogP contribution in [0.25, 0.3) is 0 Å². The van der Waals surface area contributed by atoms with Gasteiger partial charge in [-0.25, -0.2) is 0 Å². The molecule has 2 N–H and O–H groups in total. The van der Waals surface area contributed by atoms with Crippen LogP contribution in [0.3, 0.4) is 0 Å². The summed E-state index contributed by atoms with van der Waals surface area (Å²) >= 11 is 0. The number of hydrogen-bond donors (Lipinski definition) is 2. The minimum absolute atomic E-state index is 0.0380. The van der Waals surface area contributed by atoms with Gasteiger partial charge in [-0.05, 0) is 33.8 Å². The van der Waals surface area contributed by atoms with Crippen LogP contribution in [-0.2, 0) is 0 Å². The highest BCUT2D eigenvalue weighted by atomic mass is 16.3. The van der Waals surface area contributed by atoms with Gasteiger partial charge in [0.25, 0.3) is 5.91 Å². The summed E-state index contributed by atoms with van der Waals surface area (Å²) in [5.41, 5.74) is 2.67. The van der Waals surface area contributed by atoms with E-state index in [9.17, 15) is 9.90 Å². The van der Waals surface area contributed by atoms with E-state index in [2.05, 4.69) is 15.4 Å². The Morgan fingerprint density at radius 3 is 2.60 bits per heavy atom. The van der Waals surface area contributed by atoms with Crippen molar-refractivity contribution < 1.29 is 9.90 Å². The fourth-order valence-electron chi connectivity index (χ4n) is 2.08. The van der Waals surface area contributed by atoms with Gasteiger partial charge >= 0.3 is 0 Å². The van der Waals surface area contributed by atoms with Crippen LogP contribution >= 0.6 is 0 Å². The third-order valence-corrected chi connectivity index (χ3v) is 3.04. The summed E-state index contributed by atoms with van der Waals surface area (Å²) in [4.78, 5) is 15.9. The van der Waals surface area contributed by atoms with E-state index in [1.807, 2.05) is 32.4 Å². The molecular formula is C14H18N4O2. The Morgan fingerprint density at radius 1 is 1.35 bits per heavy atom. The van der Waals surface area contributed by atoms with E-state index in [0.29, 0.717) is 11.3 Å². The van der Waals surface area contributed by atoms with Crippen molar-refractivity contribution in [3.05, 3.63) is 35.4 Å². The van der Waals surface area contributed by atoms with Crippen molar-refractivity contribution in [2.75, 3.05) is 5.32 Å². The number of hydrogen-bond acceptors (Lipinski definition) is 4. The van der Waals surface area contributed by atoms with Gasteiger partial charge in [-0.3, -0.25) is 14.5 Å². The molecule has 0 aromatic carbocycles. The zero-order valence-electron chi connectivity index (χ0n) is 12.0. The second kappa shape index (κ2) is 5.32. The van der Waals surface area contributed by atoms with Crippen molar-refractivity contribution in [3.63, 3.8) is 0 Å². The third-order valence-electron chi connectivity index (χ3n) is 3.04. The van der Waals surface area contributed by atoms with E-state index in [0.717, 1.165) is 11.4 Å². The molecule has 0 unspecified atom stereocenters. The first kappa shape index (κ1) is 14.0. The minimum atomic E-state index is -0.317. The van der Waals surface area contributed by atoms with E-state index in [-0.39, 0.29) is 17.7 Å². The Labute approximate surface area is 117 Å². The average molecular weight is 274 g/mol. The number of carbonyl (C=O) groups excluding carboxylic acids is 1. The lowest BCUT2D eigenvalue weighted by Gasteiger charge is -2.09. The highest BCUT2D eigenvalue weighted by Crippen LogP contribution is 2.23. The van der Waals surface area contributed by atoms with Gasteiger partial charge in [0.2, 0.25) is 0 Å². The molecule has 0 aliphatic rings. The summed E-state index contributed by atoms with van der Waals surface area (Å²) in [5.74, 6) is -0.355. The maximum Gasteiger partial charge on any atom is 0.257 e. The van der Waals surface area contributed by atoms with Crippen LogP contribution in [0.15, 0.2) is 18.5 Å². The van der Waals surface area contributed by atoms with Crippen molar-refractivity contribution in [1.29, 1.82) is 0 Å². The van der Waals surface area contributed by atoms with Gasteiger partial charge in [-0.1, -0.05) is 0 Å². The second-order valence-corrected chi connectivity index (χ2v) is 4.97. The molecule has 1 amide bonds. The molecule has 20 heavy (non-hydrogen) atoms. The third kappa shape index (κ3) is 2.64. The zero-order chi connectivity index (χ0) is 14.9. The summed E-state index contributed by atoms with van der Waals surface area (Å²) in [7, 11) is 0. The Morgan fingerprint density at radius 2 is 2.05 bits per heavy atom. The van der Waals surface area contributed by atoms with Crippen LogP contribution in [0.1, 0.15) is 41.6 Å². The molecule has 2 aromatic heterocycles. The molecule has 0 bridgehead atoms. The van der Waals surface area contributed by atoms with Crippen molar-refractivity contribution >= 4 is 11.6 Å². The van der Waals surface area contributed by atoms with Crippen LogP contribution in [0, 0.1) is 13.8 Å². The monoisotopic (exact) mass is 274 g/mol. The van der Waals surface area contributed by atoms with Crippen molar-refractivity contribution in [2.45, 2.75) is 33.7 Å². The fraction of sp³-hybridized carbons (Fsp3) is 0.357. The summed E-state index contributed by atoms with van der Waals surface area (Å²) in [6.45, 7) is 7.83. The van der Waals surface area contributed by atoms with Crippen LogP contribution in [-0.4, -0.2) is 25.8 Å². The molecule has 6 nitrogen and oxygen atoms in total. The first-order chi connectivity index (χ1) is 9.40. The lowest BCUT2D eigenvalue weighted by atomic mass is 10.2. The number of nitrogens with one attached hydrogen (secondary N) is 1. The number of aryl methyl sites for hydroxylation is 1. The number of aromatic hydroxyl groups is 1. The summed E-state index contributed by atoms with van der Waals surface area (Å²) in [5, 5.41) is 16.6. The summed E-state index contributed by atoms with van der Waals surface area (Å²) in [6.07, 6.45) is 2.69.